The number of hydrogen-bond donors (Lipinski definition) is 2. The van der Waals surface area contributed by atoms with E-state index in [0.717, 1.165) is 30.3 Å². The highest BCUT2D eigenvalue weighted by Crippen LogP contribution is 2.30. The van der Waals surface area contributed by atoms with Crippen LogP contribution in [0.25, 0.3) is 0 Å². The Kier molecular flexibility index (Phi) is 4.24. The molecule has 0 saturated carbocycles. The van der Waals surface area contributed by atoms with Crippen LogP contribution in [0.4, 0.5) is 8.78 Å². The fourth-order valence-corrected chi connectivity index (χ4v) is 3.43. The van der Waals surface area contributed by atoms with Crippen LogP contribution >= 0.6 is 11.6 Å². The number of carbonyl (C=O) groups excluding carboxylic acids is 4. The van der Waals surface area contributed by atoms with Crippen LogP contribution in [0.1, 0.15) is 45.4 Å². The standard InChI is InChI=1S/C22H18ClF2N3O4/c23-15-4-2-14(3-5-15)22(24,25)21(32)26-10-12-1-6-16-13(9-12)11-28(20(16)31)17-7-8-18(29)27-19(17)30/h1-6,9,17H,7-8,10-11H2,(H,26,32)(H,27,29,30)/i6D,9D,11D2/hD. The van der Waals surface area contributed by atoms with E-state index in [9.17, 15) is 28.0 Å². The lowest BCUT2D eigenvalue weighted by Crippen LogP contribution is -2.52. The third kappa shape index (κ3) is 4.08. The van der Waals surface area contributed by atoms with E-state index in [0.29, 0.717) is 4.90 Å². The van der Waals surface area contributed by atoms with E-state index < -0.39 is 77.4 Å². The molecule has 2 heterocycles. The van der Waals surface area contributed by atoms with Crippen LogP contribution in [0.3, 0.4) is 0 Å². The van der Waals surface area contributed by atoms with Gasteiger partial charge in [-0.15, -0.1) is 0 Å². The zero-order valence-corrected chi connectivity index (χ0v) is 17.0. The van der Waals surface area contributed by atoms with Crippen molar-refractivity contribution in [1.82, 2.24) is 15.5 Å². The van der Waals surface area contributed by atoms with E-state index in [1.54, 1.807) is 0 Å². The van der Waals surface area contributed by atoms with Crippen LogP contribution < -0.4 is 10.6 Å². The molecule has 0 aromatic heterocycles. The molecule has 2 aromatic carbocycles. The van der Waals surface area contributed by atoms with Gasteiger partial charge in [0.2, 0.25) is 11.8 Å². The van der Waals surface area contributed by atoms with Gasteiger partial charge in [-0.3, -0.25) is 24.5 Å². The highest BCUT2D eigenvalue weighted by Gasteiger charge is 2.41. The number of imide groups is 1. The van der Waals surface area contributed by atoms with Crippen LogP contribution in [0.5, 0.6) is 0 Å². The number of piperidine rings is 1. The molecule has 1 unspecified atom stereocenters. The zero-order chi connectivity index (χ0) is 27.4. The molecule has 1 fully saturated rings. The first-order valence-corrected chi connectivity index (χ1v) is 9.81. The topological polar surface area (TPSA) is 95.6 Å². The molecular weight excluding hydrogens is 444 g/mol. The SMILES string of the molecule is [2H]c1cc(CN([2H])C(=O)C(F)(F)c2ccc(Cl)cc2)c([2H])c2c1C(=O)N(C1CCC(=O)NC1=O)C2([2H])[2H]. The lowest BCUT2D eigenvalue weighted by atomic mass is 10.0. The maximum absolute atomic E-state index is 14.7. The number of nitrogens with one attached hydrogen (secondary N) is 2. The molecule has 0 radical (unpaired) electrons. The van der Waals surface area contributed by atoms with Crippen molar-refractivity contribution >= 4 is 35.2 Å². The van der Waals surface area contributed by atoms with E-state index in [-0.39, 0.29) is 28.7 Å². The quantitative estimate of drug-likeness (QED) is 0.662. The van der Waals surface area contributed by atoms with Gasteiger partial charge in [-0.05, 0) is 35.7 Å². The van der Waals surface area contributed by atoms with Crippen molar-refractivity contribution in [2.75, 3.05) is 0 Å². The molecule has 10 heteroatoms. The van der Waals surface area contributed by atoms with Gasteiger partial charge in [0.15, 0.2) is 1.41 Å². The van der Waals surface area contributed by atoms with Gasteiger partial charge in [0.1, 0.15) is 6.04 Å². The minimum absolute atomic E-state index is 0.113. The summed E-state index contributed by atoms with van der Waals surface area (Å²) in [6.07, 6.45) is -0.330. The highest BCUT2D eigenvalue weighted by atomic mass is 35.5. The lowest BCUT2D eigenvalue weighted by Gasteiger charge is -2.29. The molecule has 4 amide bonds. The van der Waals surface area contributed by atoms with E-state index >= 15 is 0 Å². The van der Waals surface area contributed by atoms with Gasteiger partial charge < -0.3 is 10.2 Å². The minimum Gasteiger partial charge on any atom is -0.346 e. The molecule has 2 aromatic rings. The Labute approximate surface area is 193 Å². The van der Waals surface area contributed by atoms with E-state index in [2.05, 4.69) is 0 Å². The van der Waals surface area contributed by atoms with Crippen LogP contribution in [-0.2, 0) is 33.3 Å². The maximum Gasteiger partial charge on any atom is 0.349 e. The van der Waals surface area contributed by atoms with Crippen molar-refractivity contribution in [3.05, 3.63) is 69.7 Å². The Hall–Kier alpha value is -3.33. The number of carbonyl (C=O) groups is 4. The van der Waals surface area contributed by atoms with Gasteiger partial charge in [-0.2, -0.15) is 8.78 Å². The largest absolute Gasteiger partial charge is 0.349 e. The second-order valence-corrected chi connectivity index (χ2v) is 7.58. The normalized spacial score (nSPS) is 22.2. The summed E-state index contributed by atoms with van der Waals surface area (Å²) in [5.74, 6) is -8.61. The van der Waals surface area contributed by atoms with E-state index in [1.807, 2.05) is 5.32 Å². The number of hydrogen-bond acceptors (Lipinski definition) is 4. The first kappa shape index (κ1) is 16.3. The number of nitrogens with zero attached hydrogens (tertiary/aromatic N) is 1. The molecule has 0 aliphatic carbocycles. The predicted octanol–water partition coefficient (Wildman–Crippen LogP) is 2.51. The van der Waals surface area contributed by atoms with E-state index in [4.69, 9.17) is 18.5 Å². The second-order valence-electron chi connectivity index (χ2n) is 7.15. The zero-order valence-electron chi connectivity index (χ0n) is 21.2. The fraction of sp³-hybridized carbons (Fsp3) is 0.273. The molecule has 7 nitrogen and oxygen atoms in total. The average Bonchev–Trinajstić information content (AvgIpc) is 3.03. The van der Waals surface area contributed by atoms with Crippen molar-refractivity contribution < 1.29 is 34.9 Å². The molecule has 1 saturated heterocycles. The molecule has 0 bridgehead atoms. The Bertz CT molecular complexity index is 1340. The minimum atomic E-state index is -4.12. The van der Waals surface area contributed by atoms with Gasteiger partial charge in [0.25, 0.3) is 11.8 Å². The van der Waals surface area contributed by atoms with E-state index in [1.165, 1.54) is 0 Å². The third-order valence-corrected chi connectivity index (χ3v) is 5.23. The smallest absolute Gasteiger partial charge is 0.346 e. The molecule has 2 aliphatic rings. The Morgan fingerprint density at radius 3 is 2.72 bits per heavy atom. The lowest BCUT2D eigenvalue weighted by molar-refractivity contribution is -0.147. The van der Waals surface area contributed by atoms with Crippen molar-refractivity contribution in [1.29, 1.82) is 0 Å². The number of rotatable bonds is 5. The number of benzene rings is 2. The molecule has 32 heavy (non-hydrogen) atoms. The first-order chi connectivity index (χ1) is 17.2. The number of halogens is 3. The molecule has 2 N–H and O–H groups in total. The van der Waals surface area contributed by atoms with Crippen molar-refractivity contribution in [2.45, 2.75) is 37.8 Å². The van der Waals surface area contributed by atoms with Crippen LogP contribution in [-0.4, -0.2) is 34.6 Å². The van der Waals surface area contributed by atoms with Gasteiger partial charge in [-0.1, -0.05) is 35.8 Å². The van der Waals surface area contributed by atoms with Gasteiger partial charge >= 0.3 is 5.92 Å². The summed E-state index contributed by atoms with van der Waals surface area (Å²) in [7, 11) is 0. The summed E-state index contributed by atoms with van der Waals surface area (Å²) >= 11 is 5.69. The summed E-state index contributed by atoms with van der Waals surface area (Å²) in [6, 6.07) is 2.41. The molecule has 0 spiro atoms. The fourth-order valence-electron chi connectivity index (χ4n) is 3.31. The Morgan fingerprint density at radius 2 is 2.03 bits per heavy atom. The van der Waals surface area contributed by atoms with Crippen LogP contribution in [0.2, 0.25) is 6.43 Å². The Balaban J connectivity index is 1.66. The molecule has 4 rings (SSSR count). The summed E-state index contributed by atoms with van der Waals surface area (Å²) in [5, 5.41) is 2.07. The van der Waals surface area contributed by atoms with Crippen molar-refractivity contribution in [3.8, 4) is 0 Å². The summed E-state index contributed by atoms with van der Waals surface area (Å²) in [5.41, 5.74) is -2.14. The van der Waals surface area contributed by atoms with Gasteiger partial charge in [0, 0.05) is 35.6 Å². The predicted molar refractivity (Wildman–Crippen MR) is 110 cm³/mol. The molecule has 166 valence electrons. The van der Waals surface area contributed by atoms with Gasteiger partial charge in [0.05, 0.1) is 5.48 Å². The molecular formula is C22H18ClF2N3O4. The monoisotopic (exact) mass is 466 g/mol. The third-order valence-electron chi connectivity index (χ3n) is 4.98. The Morgan fingerprint density at radius 1 is 1.31 bits per heavy atom. The van der Waals surface area contributed by atoms with Crippen molar-refractivity contribution in [2.24, 2.45) is 0 Å². The highest BCUT2D eigenvalue weighted by molar-refractivity contribution is 6.30. The van der Waals surface area contributed by atoms with Crippen LogP contribution in [0, 0.1) is 0 Å². The summed E-state index contributed by atoms with van der Waals surface area (Å²) in [6.45, 7) is -3.69. The second kappa shape index (κ2) is 8.31. The summed E-state index contributed by atoms with van der Waals surface area (Å²) in [4.78, 5) is 49.9. The number of alkyl halides is 2. The number of amides is 4. The van der Waals surface area contributed by atoms with Crippen molar-refractivity contribution in [3.63, 3.8) is 0 Å². The molecule has 1 atom stereocenters. The molecule has 2 aliphatic heterocycles. The maximum atomic E-state index is 14.7. The van der Waals surface area contributed by atoms with Gasteiger partial charge in [-0.25, -0.2) is 0 Å². The number of fused-ring (bicyclic) bond motifs is 1. The van der Waals surface area contributed by atoms with Crippen LogP contribution in [0.15, 0.2) is 42.4 Å². The first-order valence-electron chi connectivity index (χ1n) is 11.9. The summed E-state index contributed by atoms with van der Waals surface area (Å²) < 4.78 is 71.0. The average molecular weight is 467 g/mol.